The van der Waals surface area contributed by atoms with Crippen LogP contribution in [0.4, 0.5) is 5.69 Å². The maximum atomic E-state index is 12.5. The summed E-state index contributed by atoms with van der Waals surface area (Å²) in [4.78, 5) is 15.8. The van der Waals surface area contributed by atoms with Crippen LogP contribution >= 0.6 is 0 Å². The summed E-state index contributed by atoms with van der Waals surface area (Å²) in [7, 11) is -1.41. The van der Waals surface area contributed by atoms with Gasteiger partial charge in [-0.2, -0.15) is 0 Å². The second-order valence-electron chi connectivity index (χ2n) is 5.19. The topological polar surface area (TPSA) is 71.2 Å². The second-order valence-corrected chi connectivity index (χ2v) is 6.61. The number of rotatable bonds is 6. The molecule has 0 aliphatic heterocycles. The maximum Gasteiger partial charge on any atom is 0.237 e. The normalized spacial score (nSPS) is 12.0. The van der Waals surface area contributed by atoms with Gasteiger partial charge in [0.05, 0.1) is 22.3 Å². The number of H-pyrrole nitrogens is 1. The third-order valence-electron chi connectivity index (χ3n) is 3.51. The average Bonchev–Trinajstić information content (AvgIpc) is 3.01. The molecule has 124 valence electrons. The molecule has 2 aromatic carbocycles. The summed E-state index contributed by atoms with van der Waals surface area (Å²) < 4.78 is 17.8. The Kier molecular flexibility index (Phi) is 4.96. The summed E-state index contributed by atoms with van der Waals surface area (Å²) in [6, 6.07) is 14.7. The van der Waals surface area contributed by atoms with Crippen LogP contribution in [0.3, 0.4) is 0 Å². The van der Waals surface area contributed by atoms with Gasteiger partial charge in [0.2, 0.25) is 5.91 Å². The first-order chi connectivity index (χ1) is 11.7. The van der Waals surface area contributed by atoms with Crippen LogP contribution in [-0.2, 0) is 15.6 Å². The molecule has 0 spiro atoms. The van der Waals surface area contributed by atoms with Crippen molar-refractivity contribution in [3.05, 3.63) is 54.7 Å². The Morgan fingerprint density at radius 2 is 1.92 bits per heavy atom. The highest BCUT2D eigenvalue weighted by Crippen LogP contribution is 2.21. The summed E-state index contributed by atoms with van der Waals surface area (Å²) in [5.74, 6) is 0.371. The van der Waals surface area contributed by atoms with Crippen LogP contribution in [-0.4, -0.2) is 27.5 Å². The van der Waals surface area contributed by atoms with E-state index in [1.807, 2.05) is 31.2 Å². The van der Waals surface area contributed by atoms with E-state index < -0.39 is 10.8 Å². The minimum absolute atomic E-state index is 0.0882. The number of hydrogen-bond donors (Lipinski definition) is 2. The molecule has 0 aliphatic carbocycles. The van der Waals surface area contributed by atoms with Gasteiger partial charge in [0.1, 0.15) is 11.5 Å². The van der Waals surface area contributed by atoms with E-state index in [1.165, 1.54) is 0 Å². The second kappa shape index (κ2) is 7.31. The number of aromatic amines is 1. The van der Waals surface area contributed by atoms with Crippen molar-refractivity contribution >= 4 is 33.3 Å². The largest absolute Gasteiger partial charge is 0.494 e. The molecule has 1 aromatic heterocycles. The summed E-state index contributed by atoms with van der Waals surface area (Å²) in [5.41, 5.74) is 1.56. The van der Waals surface area contributed by atoms with Crippen LogP contribution in [0.15, 0.2) is 59.6 Å². The smallest absolute Gasteiger partial charge is 0.237 e. The Balaban J connectivity index is 1.65. The fourth-order valence-electron chi connectivity index (χ4n) is 2.43. The molecule has 3 aromatic rings. The summed E-state index contributed by atoms with van der Waals surface area (Å²) in [6.45, 7) is 2.50. The zero-order valence-electron chi connectivity index (χ0n) is 13.2. The number of carbonyl (C=O) groups is 1. The van der Waals surface area contributed by atoms with Crippen LogP contribution in [0.2, 0.25) is 0 Å². The number of ether oxygens (including phenoxy) is 1. The van der Waals surface area contributed by atoms with E-state index in [-0.39, 0.29) is 11.7 Å². The van der Waals surface area contributed by atoms with Gasteiger partial charge in [-0.05, 0) is 37.3 Å². The molecule has 2 N–H and O–H groups in total. The minimum atomic E-state index is -1.41. The Morgan fingerprint density at radius 3 is 2.67 bits per heavy atom. The van der Waals surface area contributed by atoms with Gasteiger partial charge in [-0.1, -0.05) is 18.2 Å². The first-order valence-corrected chi connectivity index (χ1v) is 8.96. The lowest BCUT2D eigenvalue weighted by Crippen LogP contribution is -2.19. The summed E-state index contributed by atoms with van der Waals surface area (Å²) in [6.07, 6.45) is 1.70. The van der Waals surface area contributed by atoms with Crippen LogP contribution in [0.5, 0.6) is 5.75 Å². The zero-order chi connectivity index (χ0) is 16.9. The van der Waals surface area contributed by atoms with Gasteiger partial charge < -0.3 is 15.0 Å². The highest BCUT2D eigenvalue weighted by molar-refractivity contribution is 7.86. The molecule has 0 saturated heterocycles. The van der Waals surface area contributed by atoms with Gasteiger partial charge >= 0.3 is 0 Å². The third kappa shape index (κ3) is 3.65. The van der Waals surface area contributed by atoms with Crippen molar-refractivity contribution in [2.75, 3.05) is 17.7 Å². The number of hydrogen-bond acceptors (Lipinski definition) is 3. The average molecular weight is 342 g/mol. The van der Waals surface area contributed by atoms with Gasteiger partial charge in [-0.3, -0.25) is 9.00 Å². The summed E-state index contributed by atoms with van der Waals surface area (Å²) in [5, 5.41) is 3.63. The molecule has 0 radical (unpaired) electrons. The molecule has 1 amide bonds. The molecule has 1 heterocycles. The highest BCUT2D eigenvalue weighted by atomic mass is 32.2. The first kappa shape index (κ1) is 16.3. The molecule has 5 nitrogen and oxygen atoms in total. The number of para-hydroxylation sites is 1. The van der Waals surface area contributed by atoms with Crippen molar-refractivity contribution in [3.8, 4) is 5.75 Å². The van der Waals surface area contributed by atoms with Gasteiger partial charge in [0, 0.05) is 22.8 Å². The first-order valence-electron chi connectivity index (χ1n) is 7.64. The number of fused-ring (bicyclic) bond motifs is 1. The molecule has 1 atom stereocenters. The van der Waals surface area contributed by atoms with Crippen LogP contribution in [0.1, 0.15) is 6.92 Å². The lowest BCUT2D eigenvalue weighted by molar-refractivity contribution is -0.113. The molecular weight excluding hydrogens is 324 g/mol. The fraction of sp³-hybridized carbons (Fsp3) is 0.167. The molecular formula is C18H18N2O3S. The Hall–Kier alpha value is -2.60. The van der Waals surface area contributed by atoms with Crippen molar-refractivity contribution in [3.63, 3.8) is 0 Å². The number of aromatic nitrogens is 1. The molecule has 0 saturated carbocycles. The van der Waals surface area contributed by atoms with Crippen molar-refractivity contribution in [1.29, 1.82) is 0 Å². The van der Waals surface area contributed by atoms with E-state index in [0.717, 1.165) is 16.7 Å². The van der Waals surface area contributed by atoms with Crippen molar-refractivity contribution < 1.29 is 13.7 Å². The molecule has 3 rings (SSSR count). The molecule has 0 bridgehead atoms. The van der Waals surface area contributed by atoms with Crippen LogP contribution < -0.4 is 10.1 Å². The Morgan fingerprint density at radius 1 is 1.17 bits per heavy atom. The quantitative estimate of drug-likeness (QED) is 0.722. The standard InChI is InChI=1S/C18H18N2O3S/c1-2-23-14-9-7-13(8-10-14)20-18(21)12-24(22)17-11-19-16-6-4-3-5-15(16)17/h3-11,19H,2,12H2,1H3,(H,20,21). The Bertz CT molecular complexity index is 871. The number of carbonyl (C=O) groups excluding carboxylic acids is 1. The van der Waals surface area contributed by atoms with Gasteiger partial charge in [-0.25, -0.2) is 0 Å². The van der Waals surface area contributed by atoms with E-state index in [4.69, 9.17) is 4.74 Å². The molecule has 0 aliphatic rings. The van der Waals surface area contributed by atoms with E-state index >= 15 is 0 Å². The number of amides is 1. The van der Waals surface area contributed by atoms with E-state index in [2.05, 4.69) is 10.3 Å². The van der Waals surface area contributed by atoms with Crippen LogP contribution in [0.25, 0.3) is 10.9 Å². The van der Waals surface area contributed by atoms with Crippen molar-refractivity contribution in [1.82, 2.24) is 4.98 Å². The minimum Gasteiger partial charge on any atom is -0.494 e. The molecule has 24 heavy (non-hydrogen) atoms. The van der Waals surface area contributed by atoms with Gasteiger partial charge in [0.15, 0.2) is 0 Å². The third-order valence-corrected chi connectivity index (χ3v) is 4.86. The Labute approximate surface area is 142 Å². The lowest BCUT2D eigenvalue weighted by Gasteiger charge is -2.07. The van der Waals surface area contributed by atoms with E-state index in [1.54, 1.807) is 30.5 Å². The monoisotopic (exact) mass is 342 g/mol. The molecule has 1 unspecified atom stereocenters. The number of anilines is 1. The van der Waals surface area contributed by atoms with Crippen molar-refractivity contribution in [2.24, 2.45) is 0 Å². The predicted molar refractivity (Wildman–Crippen MR) is 95.8 cm³/mol. The van der Waals surface area contributed by atoms with Gasteiger partial charge in [0.25, 0.3) is 0 Å². The summed E-state index contributed by atoms with van der Waals surface area (Å²) >= 11 is 0. The molecule has 6 heteroatoms. The van der Waals surface area contributed by atoms with Crippen LogP contribution in [0, 0.1) is 0 Å². The fourth-order valence-corrected chi connectivity index (χ4v) is 3.51. The lowest BCUT2D eigenvalue weighted by atomic mass is 10.2. The predicted octanol–water partition coefficient (Wildman–Crippen LogP) is 3.31. The number of benzene rings is 2. The van der Waals surface area contributed by atoms with Crippen molar-refractivity contribution in [2.45, 2.75) is 11.8 Å². The highest BCUT2D eigenvalue weighted by Gasteiger charge is 2.14. The van der Waals surface area contributed by atoms with Gasteiger partial charge in [-0.15, -0.1) is 0 Å². The zero-order valence-corrected chi connectivity index (χ0v) is 14.1. The SMILES string of the molecule is CCOc1ccc(NC(=O)CS(=O)c2c[nH]c3ccccc23)cc1. The van der Waals surface area contributed by atoms with E-state index in [9.17, 15) is 9.00 Å². The van der Waals surface area contributed by atoms with E-state index in [0.29, 0.717) is 17.2 Å². The molecule has 0 fully saturated rings. The number of nitrogens with one attached hydrogen (secondary N) is 2. The maximum absolute atomic E-state index is 12.5.